The Balaban J connectivity index is 2.49. The molecule has 0 aliphatic carbocycles. The highest BCUT2D eigenvalue weighted by molar-refractivity contribution is 5.81. The molecule has 0 aromatic heterocycles. The Bertz CT molecular complexity index is 363. The molecule has 1 atom stereocenters. The highest BCUT2D eigenvalue weighted by Gasteiger charge is 2.09. The molecule has 0 saturated carbocycles. The van der Waals surface area contributed by atoms with Crippen molar-refractivity contribution in [2.45, 2.75) is 38.6 Å². The van der Waals surface area contributed by atoms with Crippen LogP contribution in [0.25, 0.3) is 0 Å². The number of Topliss-reactive ketones (excluding diaryl/α,β-unsaturated/α-hetero) is 1. The van der Waals surface area contributed by atoms with Gasteiger partial charge in [0, 0.05) is 18.9 Å². The number of methoxy groups -OCH3 is 1. The average molecular weight is 235 g/mol. The second kappa shape index (κ2) is 7.07. The van der Waals surface area contributed by atoms with Gasteiger partial charge in [0.05, 0.1) is 7.11 Å². The fraction of sp³-hybridized carbons (Fsp3) is 0.500. The molecule has 1 aromatic rings. The molecule has 3 nitrogen and oxygen atoms in total. The van der Waals surface area contributed by atoms with Crippen molar-refractivity contribution in [2.75, 3.05) is 7.11 Å². The average Bonchev–Trinajstić information content (AvgIpc) is 2.29. The van der Waals surface area contributed by atoms with Gasteiger partial charge in [0.25, 0.3) is 0 Å². The van der Waals surface area contributed by atoms with Gasteiger partial charge in [-0.25, -0.2) is 0 Å². The summed E-state index contributed by atoms with van der Waals surface area (Å²) in [5, 5.41) is 0. The number of rotatable bonds is 7. The molecular weight excluding hydrogens is 214 g/mol. The maximum Gasteiger partial charge on any atom is 0.138 e. The fourth-order valence-electron chi connectivity index (χ4n) is 1.85. The van der Waals surface area contributed by atoms with Crippen LogP contribution >= 0.6 is 0 Å². The van der Waals surface area contributed by atoms with Gasteiger partial charge in [-0.1, -0.05) is 25.5 Å². The highest BCUT2D eigenvalue weighted by Crippen LogP contribution is 2.14. The van der Waals surface area contributed by atoms with Crippen LogP contribution in [-0.2, 0) is 11.2 Å². The first-order chi connectivity index (χ1) is 8.15. The second-order valence-corrected chi connectivity index (χ2v) is 4.32. The summed E-state index contributed by atoms with van der Waals surface area (Å²) in [6.45, 7) is 2.08. The maximum atomic E-state index is 11.8. The molecule has 94 valence electrons. The monoisotopic (exact) mass is 235 g/mol. The van der Waals surface area contributed by atoms with Gasteiger partial charge in [-0.15, -0.1) is 0 Å². The van der Waals surface area contributed by atoms with Crippen molar-refractivity contribution in [3.63, 3.8) is 0 Å². The van der Waals surface area contributed by atoms with Gasteiger partial charge in [-0.3, -0.25) is 4.79 Å². The summed E-state index contributed by atoms with van der Waals surface area (Å²) in [7, 11) is 1.62. The number of ether oxygens (including phenoxy) is 1. The molecule has 0 heterocycles. The molecule has 0 aliphatic heterocycles. The van der Waals surface area contributed by atoms with Crippen LogP contribution in [0.5, 0.6) is 5.75 Å². The van der Waals surface area contributed by atoms with Crippen LogP contribution in [0.3, 0.4) is 0 Å². The van der Waals surface area contributed by atoms with Gasteiger partial charge >= 0.3 is 0 Å². The lowest BCUT2D eigenvalue weighted by atomic mass is 10.0. The first-order valence-electron chi connectivity index (χ1n) is 6.06. The number of nitrogens with two attached hydrogens (primary N) is 1. The summed E-state index contributed by atoms with van der Waals surface area (Å²) in [5.74, 6) is 0.979. The van der Waals surface area contributed by atoms with Crippen LogP contribution in [-0.4, -0.2) is 18.9 Å². The van der Waals surface area contributed by atoms with Crippen molar-refractivity contribution < 1.29 is 9.53 Å². The third-order valence-electron chi connectivity index (χ3n) is 2.68. The molecule has 1 unspecified atom stereocenters. The Hall–Kier alpha value is -1.35. The van der Waals surface area contributed by atoms with Crippen LogP contribution in [0.2, 0.25) is 0 Å². The number of carbonyl (C=O) groups excluding carboxylic acids is 1. The minimum Gasteiger partial charge on any atom is -0.497 e. The zero-order chi connectivity index (χ0) is 12.7. The number of ketones is 1. The molecule has 0 aliphatic rings. The van der Waals surface area contributed by atoms with E-state index < -0.39 is 0 Å². The van der Waals surface area contributed by atoms with Gasteiger partial charge in [0.1, 0.15) is 11.5 Å². The molecule has 0 radical (unpaired) electrons. The summed E-state index contributed by atoms with van der Waals surface area (Å²) in [5.41, 5.74) is 6.83. The van der Waals surface area contributed by atoms with Crippen molar-refractivity contribution in [3.8, 4) is 5.75 Å². The Kier molecular flexibility index (Phi) is 5.70. The fourth-order valence-corrected chi connectivity index (χ4v) is 1.85. The smallest absolute Gasteiger partial charge is 0.138 e. The van der Waals surface area contributed by atoms with Crippen molar-refractivity contribution in [3.05, 3.63) is 29.8 Å². The van der Waals surface area contributed by atoms with E-state index in [0.29, 0.717) is 12.8 Å². The lowest BCUT2D eigenvalue weighted by Gasteiger charge is -2.09. The van der Waals surface area contributed by atoms with E-state index in [0.717, 1.165) is 24.2 Å². The highest BCUT2D eigenvalue weighted by atomic mass is 16.5. The van der Waals surface area contributed by atoms with Crippen LogP contribution in [0, 0.1) is 0 Å². The zero-order valence-electron chi connectivity index (χ0n) is 10.6. The summed E-state index contributed by atoms with van der Waals surface area (Å²) in [4.78, 5) is 11.8. The molecule has 2 N–H and O–H groups in total. The molecule has 1 aromatic carbocycles. The molecule has 0 saturated heterocycles. The summed E-state index contributed by atoms with van der Waals surface area (Å²) in [6.07, 6.45) is 2.83. The first-order valence-corrected chi connectivity index (χ1v) is 6.06. The first kappa shape index (κ1) is 13.7. The molecule has 0 spiro atoms. The van der Waals surface area contributed by atoms with Crippen LogP contribution in [0.15, 0.2) is 24.3 Å². The van der Waals surface area contributed by atoms with Gasteiger partial charge in [0.15, 0.2) is 0 Å². The Morgan fingerprint density at radius 2 is 2.24 bits per heavy atom. The summed E-state index contributed by atoms with van der Waals surface area (Å²) < 4.78 is 5.12. The van der Waals surface area contributed by atoms with Crippen molar-refractivity contribution in [1.29, 1.82) is 0 Å². The van der Waals surface area contributed by atoms with Gasteiger partial charge in [0.2, 0.25) is 0 Å². The summed E-state index contributed by atoms with van der Waals surface area (Å²) >= 11 is 0. The predicted octanol–water partition coefficient (Wildman–Crippen LogP) is 2.32. The van der Waals surface area contributed by atoms with E-state index in [2.05, 4.69) is 6.92 Å². The Morgan fingerprint density at radius 3 is 2.88 bits per heavy atom. The molecule has 17 heavy (non-hydrogen) atoms. The molecular formula is C14H21NO2. The van der Waals surface area contributed by atoms with Gasteiger partial charge in [-0.2, -0.15) is 0 Å². The van der Waals surface area contributed by atoms with E-state index in [-0.39, 0.29) is 11.8 Å². The number of carbonyl (C=O) groups is 1. The quantitative estimate of drug-likeness (QED) is 0.789. The third kappa shape index (κ3) is 5.00. The lowest BCUT2D eigenvalue weighted by Crippen LogP contribution is -2.24. The minimum absolute atomic E-state index is 0.00175. The van der Waals surface area contributed by atoms with E-state index in [4.69, 9.17) is 10.5 Å². The van der Waals surface area contributed by atoms with Crippen LogP contribution in [0.1, 0.15) is 31.7 Å². The summed E-state index contributed by atoms with van der Waals surface area (Å²) in [6, 6.07) is 7.59. The minimum atomic E-state index is -0.00175. The second-order valence-electron chi connectivity index (χ2n) is 4.32. The van der Waals surface area contributed by atoms with Crippen LogP contribution in [0.4, 0.5) is 0 Å². The number of hydrogen-bond donors (Lipinski definition) is 1. The molecule has 3 heteroatoms. The largest absolute Gasteiger partial charge is 0.497 e. The Morgan fingerprint density at radius 1 is 1.47 bits per heavy atom. The van der Waals surface area contributed by atoms with Gasteiger partial charge < -0.3 is 10.5 Å². The SMILES string of the molecule is CCCC(N)CC(=O)Cc1cccc(OC)c1. The maximum absolute atomic E-state index is 11.8. The number of benzene rings is 1. The van der Waals surface area contributed by atoms with Crippen LogP contribution < -0.4 is 10.5 Å². The van der Waals surface area contributed by atoms with Crippen molar-refractivity contribution in [1.82, 2.24) is 0 Å². The normalized spacial score (nSPS) is 12.2. The Labute approximate surface area is 103 Å². The molecule has 0 fully saturated rings. The van der Waals surface area contributed by atoms with E-state index in [1.54, 1.807) is 7.11 Å². The van der Waals surface area contributed by atoms with E-state index in [1.165, 1.54) is 0 Å². The van der Waals surface area contributed by atoms with E-state index in [1.807, 2.05) is 24.3 Å². The predicted molar refractivity (Wildman–Crippen MR) is 69.2 cm³/mol. The lowest BCUT2D eigenvalue weighted by molar-refractivity contribution is -0.118. The molecule has 0 amide bonds. The molecule has 1 rings (SSSR count). The van der Waals surface area contributed by atoms with E-state index in [9.17, 15) is 4.79 Å². The standard InChI is InChI=1S/C14H21NO2/c1-3-5-12(15)10-13(16)8-11-6-4-7-14(9-11)17-2/h4,6-7,9,12H,3,5,8,10,15H2,1-2H3. The number of hydrogen-bond acceptors (Lipinski definition) is 3. The third-order valence-corrected chi connectivity index (χ3v) is 2.68. The zero-order valence-corrected chi connectivity index (χ0v) is 10.6. The van der Waals surface area contributed by atoms with Gasteiger partial charge in [-0.05, 0) is 24.1 Å². The molecule has 0 bridgehead atoms. The van der Waals surface area contributed by atoms with E-state index >= 15 is 0 Å². The van der Waals surface area contributed by atoms with Crippen molar-refractivity contribution >= 4 is 5.78 Å². The van der Waals surface area contributed by atoms with Crippen molar-refractivity contribution in [2.24, 2.45) is 5.73 Å². The topological polar surface area (TPSA) is 52.3 Å².